The van der Waals surface area contributed by atoms with Gasteiger partial charge in [0.05, 0.1) is 11.8 Å². The summed E-state index contributed by atoms with van der Waals surface area (Å²) < 4.78 is 111. The lowest BCUT2D eigenvalue weighted by Gasteiger charge is -2.22. The Labute approximate surface area is 182 Å². The number of aromatic nitrogens is 4. The van der Waals surface area contributed by atoms with Crippen molar-refractivity contribution in [2.24, 2.45) is 0 Å². The van der Waals surface area contributed by atoms with Crippen LogP contribution < -0.4 is 10.3 Å². The molecule has 0 radical (unpaired) electrons. The number of rotatable bonds is 5. The van der Waals surface area contributed by atoms with E-state index < -0.39 is 58.1 Å². The van der Waals surface area contributed by atoms with Crippen molar-refractivity contribution < 1.29 is 39.9 Å². The van der Waals surface area contributed by atoms with Crippen molar-refractivity contribution in [2.45, 2.75) is 30.1 Å². The maximum absolute atomic E-state index is 13.7. The Bertz CT molecular complexity index is 1250. The van der Waals surface area contributed by atoms with E-state index in [2.05, 4.69) is 10.1 Å². The molecule has 0 fully saturated rings. The molecule has 0 N–H and O–H groups in total. The van der Waals surface area contributed by atoms with Crippen LogP contribution in [0.2, 0.25) is 0 Å². The molecule has 3 aromatic rings. The third-order valence-corrected chi connectivity index (χ3v) is 4.19. The summed E-state index contributed by atoms with van der Waals surface area (Å²) in [6.07, 6.45) is -8.85. The molecule has 0 aromatic carbocycles. The van der Waals surface area contributed by atoms with Gasteiger partial charge in [-0.3, -0.25) is 13.9 Å². The van der Waals surface area contributed by atoms with Gasteiger partial charge >= 0.3 is 18.3 Å². The Morgan fingerprint density at radius 3 is 2.21 bits per heavy atom. The minimum Gasteiger partial charge on any atom is -0.514 e. The molecule has 0 atom stereocenters. The van der Waals surface area contributed by atoms with Crippen LogP contribution >= 0.6 is 0 Å². The van der Waals surface area contributed by atoms with Gasteiger partial charge in [-0.25, -0.2) is 4.98 Å². The number of ether oxygens (including phenoxy) is 1. The van der Waals surface area contributed by atoms with Crippen LogP contribution in [0, 0.1) is 0 Å². The smallest absolute Gasteiger partial charge is 0.455 e. The summed E-state index contributed by atoms with van der Waals surface area (Å²) in [6, 6.07) is 2.42. The van der Waals surface area contributed by atoms with Gasteiger partial charge in [0.1, 0.15) is 41.5 Å². The van der Waals surface area contributed by atoms with Crippen LogP contribution in [0.4, 0.5) is 35.1 Å². The third kappa shape index (κ3) is 5.16. The summed E-state index contributed by atoms with van der Waals surface area (Å²) in [5.41, 5.74) is -4.96. The lowest BCUT2D eigenvalue weighted by Crippen LogP contribution is -2.40. The molecule has 17 heteroatoms. The fourth-order valence-electron chi connectivity index (χ4n) is 2.87. The van der Waals surface area contributed by atoms with Gasteiger partial charge < -0.3 is 4.74 Å². The molecule has 0 aliphatic carbocycles. The fourth-order valence-corrected chi connectivity index (χ4v) is 2.87. The number of halogens is 8. The second kappa shape index (κ2) is 7.80. The van der Waals surface area contributed by atoms with E-state index in [1.54, 1.807) is 23.5 Å². The molecule has 6 nitrogen and oxygen atoms in total. The first kappa shape index (κ1) is 24.6. The predicted molar refractivity (Wildman–Crippen MR) is 108 cm³/mol. The number of alkyl halides is 8. The molecular formula is C16H13B3F8N4O2. The number of nitrogens with zero attached hydrogens (tertiary/aromatic N) is 4. The van der Waals surface area contributed by atoms with Crippen molar-refractivity contribution in [3.63, 3.8) is 0 Å². The Kier molecular flexibility index (Phi) is 5.82. The first-order valence-electron chi connectivity index (χ1n) is 9.19. The average molecular weight is 478 g/mol. The SMILES string of the molecule is BC(B)(B)Oc1ccn2c(=O)c(-c3cnn(CC(F)(F)C(F)(F)F)c3)c(C(F)(F)F)nc2c1. The zero-order valence-corrected chi connectivity index (χ0v) is 17.2. The van der Waals surface area contributed by atoms with E-state index in [9.17, 15) is 39.9 Å². The summed E-state index contributed by atoms with van der Waals surface area (Å²) in [6.45, 7) is -1.98. The molecule has 0 aliphatic rings. The van der Waals surface area contributed by atoms with Crippen molar-refractivity contribution in [1.82, 2.24) is 19.2 Å². The summed E-state index contributed by atoms with van der Waals surface area (Å²) in [5, 5.41) is 2.57. The molecule has 33 heavy (non-hydrogen) atoms. The zero-order chi connectivity index (χ0) is 25.0. The van der Waals surface area contributed by atoms with Crippen molar-refractivity contribution in [2.75, 3.05) is 0 Å². The van der Waals surface area contributed by atoms with Crippen LogP contribution in [-0.4, -0.2) is 60.1 Å². The molecule has 0 saturated carbocycles. The summed E-state index contributed by atoms with van der Waals surface area (Å²) in [7, 11) is 5.09. The van der Waals surface area contributed by atoms with Crippen molar-refractivity contribution in [1.29, 1.82) is 0 Å². The van der Waals surface area contributed by atoms with E-state index >= 15 is 0 Å². The molecule has 3 heterocycles. The number of hydrogen-bond acceptors (Lipinski definition) is 4. The van der Waals surface area contributed by atoms with E-state index in [-0.39, 0.29) is 10.4 Å². The highest BCUT2D eigenvalue weighted by atomic mass is 19.4. The average Bonchev–Trinajstić information content (AvgIpc) is 3.05. The van der Waals surface area contributed by atoms with Crippen molar-refractivity contribution in [3.05, 3.63) is 46.8 Å². The van der Waals surface area contributed by atoms with Gasteiger partial charge in [-0.15, -0.1) is 0 Å². The van der Waals surface area contributed by atoms with Gasteiger partial charge in [-0.2, -0.15) is 40.2 Å². The molecule has 3 rings (SSSR count). The van der Waals surface area contributed by atoms with Gasteiger partial charge in [-0.1, -0.05) is 0 Å². The normalized spacial score (nSPS) is 13.5. The maximum atomic E-state index is 13.7. The van der Waals surface area contributed by atoms with Crippen LogP contribution in [0.1, 0.15) is 5.69 Å². The molecule has 174 valence electrons. The van der Waals surface area contributed by atoms with Crippen LogP contribution in [0.15, 0.2) is 35.5 Å². The van der Waals surface area contributed by atoms with E-state index in [1.807, 2.05) is 0 Å². The van der Waals surface area contributed by atoms with Gasteiger partial charge in [0.25, 0.3) is 5.56 Å². The minimum atomic E-state index is -5.90. The van der Waals surface area contributed by atoms with E-state index in [0.717, 1.165) is 16.7 Å². The molecule has 0 amide bonds. The Hall–Kier alpha value is -3.00. The van der Waals surface area contributed by atoms with Crippen molar-refractivity contribution in [3.8, 4) is 16.9 Å². The molecule has 0 spiro atoms. The summed E-state index contributed by atoms with van der Waals surface area (Å²) >= 11 is 0. The summed E-state index contributed by atoms with van der Waals surface area (Å²) in [4.78, 5) is 16.4. The number of fused-ring (bicyclic) bond motifs is 1. The molecule has 3 aromatic heterocycles. The van der Waals surface area contributed by atoms with E-state index in [4.69, 9.17) is 4.74 Å². The van der Waals surface area contributed by atoms with Gasteiger partial charge in [0, 0.05) is 29.3 Å². The third-order valence-electron chi connectivity index (χ3n) is 4.19. The summed E-state index contributed by atoms with van der Waals surface area (Å²) in [5.74, 6) is -5.05. The predicted octanol–water partition coefficient (Wildman–Crippen LogP) is 0.664. The molecule has 0 saturated heterocycles. The Morgan fingerprint density at radius 1 is 1.03 bits per heavy atom. The second-order valence-corrected chi connectivity index (χ2v) is 8.07. The standard InChI is InChI=1S/C16H13B3F8N4O2/c17-16(18,19)33-8-1-2-31-9(3-8)29-11(14(22,23)24)10(12(31)32)7-4-28-30(5-7)6-13(20,21)15(25,26)27/h1-5H,6,17-19H2. The van der Waals surface area contributed by atoms with E-state index in [1.165, 1.54) is 6.07 Å². The maximum Gasteiger partial charge on any atom is 0.455 e. The fraction of sp³-hybridized carbons (Fsp3) is 0.312. The van der Waals surface area contributed by atoms with E-state index in [0.29, 0.717) is 12.4 Å². The van der Waals surface area contributed by atoms with Crippen molar-refractivity contribution >= 4 is 29.2 Å². The quantitative estimate of drug-likeness (QED) is 0.400. The van der Waals surface area contributed by atoms with Gasteiger partial charge in [0.15, 0.2) is 5.69 Å². The lowest BCUT2D eigenvalue weighted by molar-refractivity contribution is -0.287. The van der Waals surface area contributed by atoms with Crippen LogP contribution in [0.5, 0.6) is 5.75 Å². The number of hydrogen-bond donors (Lipinski definition) is 0. The van der Waals surface area contributed by atoms with Crippen LogP contribution in [0.3, 0.4) is 0 Å². The second-order valence-electron chi connectivity index (χ2n) is 8.07. The highest BCUT2D eigenvalue weighted by Gasteiger charge is 2.57. The Balaban J connectivity index is 2.15. The van der Waals surface area contributed by atoms with Gasteiger partial charge in [0.2, 0.25) is 0 Å². The first-order valence-corrected chi connectivity index (χ1v) is 9.19. The lowest BCUT2D eigenvalue weighted by atomic mass is 9.52. The largest absolute Gasteiger partial charge is 0.514 e. The van der Waals surface area contributed by atoms with Crippen LogP contribution in [0.25, 0.3) is 16.8 Å². The van der Waals surface area contributed by atoms with Crippen LogP contribution in [-0.2, 0) is 12.7 Å². The minimum absolute atomic E-state index is 0.109. The molecule has 0 unspecified atom stereocenters. The molecule has 0 bridgehead atoms. The molecular weight excluding hydrogens is 465 g/mol. The Morgan fingerprint density at radius 2 is 1.67 bits per heavy atom. The van der Waals surface area contributed by atoms with Gasteiger partial charge in [-0.05, 0) is 6.07 Å². The molecule has 0 aliphatic heterocycles. The highest BCUT2D eigenvalue weighted by molar-refractivity contribution is 6.58. The zero-order valence-electron chi connectivity index (χ0n) is 17.2. The monoisotopic (exact) mass is 478 g/mol. The topological polar surface area (TPSA) is 61.4 Å². The first-order chi connectivity index (χ1) is 14.9. The number of pyridine rings is 1. The highest BCUT2D eigenvalue weighted by Crippen LogP contribution is 2.38.